The van der Waals surface area contributed by atoms with E-state index >= 15 is 0 Å². The third-order valence-electron chi connectivity index (χ3n) is 5.47. The first-order valence-electron chi connectivity index (χ1n) is 13.7. The Bertz CT molecular complexity index is 1550. The summed E-state index contributed by atoms with van der Waals surface area (Å²) in [5.74, 6) is -0.927. The number of ether oxygens (including phenoxy) is 1. The smallest absolute Gasteiger partial charge is 0.354 e. The minimum atomic E-state index is -0.524. The van der Waals surface area contributed by atoms with Gasteiger partial charge in [0, 0.05) is 63.7 Å². The van der Waals surface area contributed by atoms with Crippen molar-refractivity contribution in [3.63, 3.8) is 0 Å². The molecule has 236 valence electrons. The molecule has 0 bridgehead atoms. The van der Waals surface area contributed by atoms with Crippen LogP contribution in [0.25, 0.3) is 0 Å². The van der Waals surface area contributed by atoms with Crippen molar-refractivity contribution in [2.75, 3.05) is 29.1 Å². The molecule has 0 radical (unpaired) electrons. The first-order chi connectivity index (χ1) is 21.1. The van der Waals surface area contributed by atoms with Gasteiger partial charge in [-0.15, -0.1) is 0 Å². The van der Waals surface area contributed by atoms with Crippen molar-refractivity contribution in [3.8, 4) is 0 Å². The molecule has 6 N–H and O–H groups in total. The fourth-order valence-corrected chi connectivity index (χ4v) is 3.52. The molecule has 0 aliphatic rings. The molecule has 0 spiro atoms. The van der Waals surface area contributed by atoms with Gasteiger partial charge in [-0.25, -0.2) is 14.8 Å². The SMILES string of the molecule is CC.CCOC(=O)c1cc(NC(=O)c2nc(NC(=O)CCNC=O)cn2C)c[nH]1.Cc1cc(NC(=O)c2nccn2C)c[nH]1. The van der Waals surface area contributed by atoms with Gasteiger partial charge in [0.2, 0.25) is 18.1 Å². The molecule has 16 nitrogen and oxygen atoms in total. The maximum atomic E-state index is 12.4. The topological polar surface area (TPSA) is 210 Å². The molecule has 0 aromatic carbocycles. The predicted octanol–water partition coefficient (Wildman–Crippen LogP) is 2.59. The fourth-order valence-electron chi connectivity index (χ4n) is 3.52. The normalized spacial score (nSPS) is 9.86. The summed E-state index contributed by atoms with van der Waals surface area (Å²) in [5, 5.41) is 10.3. The Hall–Kier alpha value is -5.67. The number of hydrogen-bond acceptors (Lipinski definition) is 8. The lowest BCUT2D eigenvalue weighted by atomic mass is 10.4. The molecule has 0 fully saturated rings. The average molecular weight is 611 g/mol. The van der Waals surface area contributed by atoms with Gasteiger partial charge in [0.05, 0.1) is 18.0 Å². The highest BCUT2D eigenvalue weighted by Gasteiger charge is 2.17. The molecule has 4 aromatic heterocycles. The summed E-state index contributed by atoms with van der Waals surface area (Å²) >= 11 is 0. The van der Waals surface area contributed by atoms with Crippen molar-refractivity contribution < 1.29 is 28.7 Å². The zero-order valence-electron chi connectivity index (χ0n) is 25.5. The summed E-state index contributed by atoms with van der Waals surface area (Å²) in [6.07, 6.45) is 8.60. The van der Waals surface area contributed by atoms with E-state index in [1.54, 1.807) is 44.2 Å². The van der Waals surface area contributed by atoms with Gasteiger partial charge in [-0.2, -0.15) is 0 Å². The zero-order chi connectivity index (χ0) is 32.6. The number of carbonyl (C=O) groups is 5. The maximum absolute atomic E-state index is 12.4. The second-order valence-electron chi connectivity index (χ2n) is 8.79. The highest BCUT2D eigenvalue weighted by molar-refractivity contribution is 6.03. The van der Waals surface area contributed by atoms with Crippen molar-refractivity contribution >= 4 is 47.3 Å². The van der Waals surface area contributed by atoms with Gasteiger partial charge in [0.25, 0.3) is 11.8 Å². The van der Waals surface area contributed by atoms with Crippen LogP contribution in [0.2, 0.25) is 0 Å². The number of nitrogens with one attached hydrogen (secondary N) is 6. The van der Waals surface area contributed by atoms with Gasteiger partial charge >= 0.3 is 5.97 Å². The molecular weight excluding hydrogens is 572 g/mol. The molecule has 4 rings (SSSR count). The molecule has 0 unspecified atom stereocenters. The fraction of sp³-hybridized carbons (Fsp3) is 0.321. The van der Waals surface area contributed by atoms with Crippen molar-refractivity contribution in [1.29, 1.82) is 0 Å². The monoisotopic (exact) mass is 610 g/mol. The minimum Gasteiger partial charge on any atom is -0.461 e. The van der Waals surface area contributed by atoms with Crippen molar-refractivity contribution in [2.45, 2.75) is 34.1 Å². The van der Waals surface area contributed by atoms with Crippen LogP contribution < -0.4 is 21.3 Å². The van der Waals surface area contributed by atoms with Gasteiger partial charge in [-0.3, -0.25) is 19.2 Å². The largest absolute Gasteiger partial charge is 0.461 e. The molecule has 0 saturated carbocycles. The van der Waals surface area contributed by atoms with E-state index in [0.29, 0.717) is 17.9 Å². The van der Waals surface area contributed by atoms with Crippen LogP contribution in [-0.4, -0.2) is 72.3 Å². The van der Waals surface area contributed by atoms with Gasteiger partial charge in [-0.1, -0.05) is 13.8 Å². The standard InChI is InChI=1S/C16H20N6O5.C10H12N4O.C2H6/c1-3-27-16(26)11-6-10(7-18-11)19-15(25)14-21-12(8-22(14)2)20-13(24)4-5-17-9-23;1-7-5-8(6-12-7)13-10(15)9-11-3-4-14(9)2;1-2/h6-9,18H,3-5H2,1-2H3,(H,17,23)(H,19,25)(H,20,24);3-6,12H,1-2H3,(H,13,15);1-2H3. The van der Waals surface area contributed by atoms with Crippen LogP contribution in [0.15, 0.2) is 43.1 Å². The molecule has 0 aliphatic carbocycles. The van der Waals surface area contributed by atoms with Crippen molar-refractivity contribution in [1.82, 2.24) is 34.4 Å². The molecule has 0 aliphatic heterocycles. The van der Waals surface area contributed by atoms with E-state index in [-0.39, 0.29) is 48.7 Å². The zero-order valence-corrected chi connectivity index (χ0v) is 25.5. The molecule has 4 amide bonds. The molecule has 4 aromatic rings. The van der Waals surface area contributed by atoms with Crippen molar-refractivity contribution in [2.24, 2.45) is 14.1 Å². The lowest BCUT2D eigenvalue weighted by molar-refractivity contribution is -0.116. The first-order valence-corrected chi connectivity index (χ1v) is 13.7. The molecular formula is C28H38N10O6. The minimum absolute atomic E-state index is 0.0650. The van der Waals surface area contributed by atoms with Crippen LogP contribution in [0.1, 0.15) is 64.6 Å². The second-order valence-corrected chi connectivity index (χ2v) is 8.79. The number of anilines is 3. The van der Waals surface area contributed by atoms with E-state index in [4.69, 9.17) is 4.74 Å². The number of imidazole rings is 2. The number of nitrogens with zero attached hydrogens (tertiary/aromatic N) is 4. The third-order valence-corrected chi connectivity index (χ3v) is 5.47. The summed E-state index contributed by atoms with van der Waals surface area (Å²) in [4.78, 5) is 71.3. The Balaban J connectivity index is 0.000000333. The molecule has 44 heavy (non-hydrogen) atoms. The molecule has 0 atom stereocenters. The Morgan fingerprint density at radius 3 is 2.20 bits per heavy atom. The first kappa shape index (κ1) is 34.5. The lowest BCUT2D eigenvalue weighted by Gasteiger charge is -2.02. The number of hydrogen-bond donors (Lipinski definition) is 6. The summed E-state index contributed by atoms with van der Waals surface area (Å²) in [7, 11) is 3.39. The van der Waals surface area contributed by atoms with Gasteiger partial charge in [-0.05, 0) is 26.0 Å². The Morgan fingerprint density at radius 1 is 0.955 bits per heavy atom. The Kier molecular flexibility index (Phi) is 13.6. The predicted molar refractivity (Wildman–Crippen MR) is 163 cm³/mol. The van der Waals surface area contributed by atoms with Crippen LogP contribution in [0, 0.1) is 6.92 Å². The quantitative estimate of drug-likeness (QED) is 0.0842. The number of esters is 1. The number of rotatable bonds is 11. The maximum Gasteiger partial charge on any atom is 0.354 e. The summed E-state index contributed by atoms with van der Waals surface area (Å²) in [6, 6.07) is 3.31. The molecule has 0 saturated heterocycles. The van der Waals surface area contributed by atoms with E-state index in [1.807, 2.05) is 26.8 Å². The van der Waals surface area contributed by atoms with E-state index in [9.17, 15) is 24.0 Å². The second kappa shape index (κ2) is 17.3. The summed E-state index contributed by atoms with van der Waals surface area (Å²) in [6.45, 7) is 8.06. The average Bonchev–Trinajstić information content (AvgIpc) is 3.79. The van der Waals surface area contributed by atoms with Crippen LogP contribution in [0.5, 0.6) is 0 Å². The number of carbonyl (C=O) groups excluding carboxylic acids is 5. The molecule has 16 heteroatoms. The summed E-state index contributed by atoms with van der Waals surface area (Å²) in [5.41, 5.74) is 2.34. The number of amides is 4. The number of H-pyrrole nitrogens is 2. The number of aryl methyl sites for hydroxylation is 3. The molecule has 4 heterocycles. The van der Waals surface area contributed by atoms with E-state index in [0.717, 1.165) is 11.4 Å². The van der Waals surface area contributed by atoms with Gasteiger partial charge < -0.3 is 45.1 Å². The van der Waals surface area contributed by atoms with Gasteiger partial charge in [0.1, 0.15) is 5.69 Å². The number of aromatic nitrogens is 6. The van der Waals surface area contributed by atoms with Gasteiger partial charge in [0.15, 0.2) is 11.6 Å². The van der Waals surface area contributed by atoms with E-state index in [1.165, 1.54) is 23.0 Å². The van der Waals surface area contributed by atoms with Crippen LogP contribution >= 0.6 is 0 Å². The van der Waals surface area contributed by atoms with Crippen LogP contribution in [0.3, 0.4) is 0 Å². The van der Waals surface area contributed by atoms with E-state index < -0.39 is 11.9 Å². The Morgan fingerprint density at radius 2 is 1.61 bits per heavy atom. The van der Waals surface area contributed by atoms with Crippen LogP contribution in [0.4, 0.5) is 17.2 Å². The highest BCUT2D eigenvalue weighted by atomic mass is 16.5. The van der Waals surface area contributed by atoms with Crippen molar-refractivity contribution in [3.05, 3.63) is 66.2 Å². The Labute approximate surface area is 254 Å². The lowest BCUT2D eigenvalue weighted by Crippen LogP contribution is -2.20. The van der Waals surface area contributed by atoms with Crippen LogP contribution in [-0.2, 0) is 28.4 Å². The summed E-state index contributed by atoms with van der Waals surface area (Å²) < 4.78 is 7.99. The van der Waals surface area contributed by atoms with E-state index in [2.05, 4.69) is 41.2 Å². The third kappa shape index (κ3) is 10.3. The highest BCUT2D eigenvalue weighted by Crippen LogP contribution is 2.14. The number of aromatic amines is 2.